The minimum absolute atomic E-state index is 0.0562. The van der Waals surface area contributed by atoms with Crippen LogP contribution in [0.3, 0.4) is 0 Å². The maximum atomic E-state index is 12.5. The quantitative estimate of drug-likeness (QED) is 0.398. The van der Waals surface area contributed by atoms with Gasteiger partial charge in [-0.2, -0.15) is 0 Å². The number of carbonyl (C=O) groups is 2. The van der Waals surface area contributed by atoms with Gasteiger partial charge in [-0.1, -0.05) is 24.1 Å². The fraction of sp³-hybridized carbons (Fsp3) is 0.619. The highest BCUT2D eigenvalue weighted by Crippen LogP contribution is 2.42. The first-order valence-corrected chi connectivity index (χ1v) is 12.4. The third kappa shape index (κ3) is 5.34. The number of unbranched alkanes of at least 4 members (excludes halogenated alkanes) is 2. The number of ether oxygens (including phenoxy) is 1. The first kappa shape index (κ1) is 21.6. The van der Waals surface area contributed by atoms with Crippen LogP contribution < -0.4 is 14.8 Å². The molecule has 9 heteroatoms. The van der Waals surface area contributed by atoms with E-state index in [1.54, 1.807) is 0 Å². The second-order valence-electron chi connectivity index (χ2n) is 8.29. The zero-order chi connectivity index (χ0) is 21.1. The van der Waals surface area contributed by atoms with Crippen LogP contribution in [0.4, 0.5) is 4.79 Å². The molecule has 0 aromatic heterocycles. The maximum Gasteiger partial charge on any atom is 0.324 e. The highest BCUT2D eigenvalue weighted by molar-refractivity contribution is 7.83. The monoisotopic (exact) mass is 453 g/mol. The SMILES string of the molecule is O=C1CN(CCCCCS(=O)NC2CCc3c2ccc(Cl)c3OCC2CC2)C(=O)N1. The lowest BCUT2D eigenvalue weighted by atomic mass is 10.1. The number of carbonyl (C=O) groups excluding carboxylic acids is 2. The van der Waals surface area contributed by atoms with Crippen molar-refractivity contribution in [3.05, 3.63) is 28.3 Å². The standard InChI is InChI=1S/C21H28ClN3O4S/c22-17-8-6-15-16(20(17)29-13-14-4-5-14)7-9-18(15)24-30(28)11-3-1-2-10-25-12-19(26)23-21(25)27/h6,8,14,18,24H,1-5,7,9-13H2,(H,23,26,27). The number of nitrogens with one attached hydrogen (secondary N) is 2. The molecule has 2 fully saturated rings. The molecule has 1 heterocycles. The van der Waals surface area contributed by atoms with Crippen LogP contribution in [-0.4, -0.2) is 46.5 Å². The van der Waals surface area contributed by atoms with Crippen molar-refractivity contribution in [2.24, 2.45) is 5.92 Å². The Labute approximate surface area is 184 Å². The van der Waals surface area contributed by atoms with Crippen LogP contribution >= 0.6 is 11.6 Å². The molecule has 2 unspecified atom stereocenters. The minimum atomic E-state index is -1.12. The van der Waals surface area contributed by atoms with E-state index in [1.165, 1.54) is 17.7 Å². The van der Waals surface area contributed by atoms with E-state index in [1.807, 2.05) is 12.1 Å². The molecule has 30 heavy (non-hydrogen) atoms. The molecule has 2 aliphatic carbocycles. The molecule has 164 valence electrons. The first-order valence-electron chi connectivity index (χ1n) is 10.7. The highest BCUT2D eigenvalue weighted by atomic mass is 35.5. The third-order valence-corrected chi connectivity index (χ3v) is 7.37. The summed E-state index contributed by atoms with van der Waals surface area (Å²) in [6, 6.07) is 3.64. The Balaban J connectivity index is 1.21. The lowest BCUT2D eigenvalue weighted by Crippen LogP contribution is -2.29. The predicted octanol–water partition coefficient (Wildman–Crippen LogP) is 3.09. The van der Waals surface area contributed by atoms with Crippen molar-refractivity contribution in [1.29, 1.82) is 0 Å². The molecule has 1 saturated heterocycles. The van der Waals surface area contributed by atoms with Gasteiger partial charge in [0, 0.05) is 23.9 Å². The summed E-state index contributed by atoms with van der Waals surface area (Å²) in [4.78, 5) is 24.2. The summed E-state index contributed by atoms with van der Waals surface area (Å²) < 4.78 is 21.8. The smallest absolute Gasteiger partial charge is 0.324 e. The molecular weight excluding hydrogens is 426 g/mol. The summed E-state index contributed by atoms with van der Waals surface area (Å²) in [5, 5.41) is 2.93. The van der Waals surface area contributed by atoms with E-state index in [-0.39, 0.29) is 24.5 Å². The molecule has 1 aliphatic heterocycles. The van der Waals surface area contributed by atoms with E-state index in [2.05, 4.69) is 10.0 Å². The zero-order valence-electron chi connectivity index (χ0n) is 17.0. The maximum absolute atomic E-state index is 12.5. The van der Waals surface area contributed by atoms with Crippen molar-refractivity contribution < 1.29 is 18.5 Å². The van der Waals surface area contributed by atoms with Crippen LogP contribution in [0.2, 0.25) is 5.02 Å². The Morgan fingerprint density at radius 1 is 1.20 bits per heavy atom. The number of amides is 3. The lowest BCUT2D eigenvalue weighted by Gasteiger charge is -2.16. The van der Waals surface area contributed by atoms with Crippen molar-refractivity contribution in [3.8, 4) is 5.75 Å². The van der Waals surface area contributed by atoms with Gasteiger partial charge < -0.3 is 9.64 Å². The average Bonchev–Trinajstić information content (AvgIpc) is 3.37. The van der Waals surface area contributed by atoms with Crippen LogP contribution in [0.25, 0.3) is 0 Å². The molecule has 0 bridgehead atoms. The van der Waals surface area contributed by atoms with Gasteiger partial charge in [0.2, 0.25) is 5.91 Å². The minimum Gasteiger partial charge on any atom is -0.491 e. The number of urea groups is 1. The summed E-state index contributed by atoms with van der Waals surface area (Å²) in [6.07, 6.45) is 6.70. The van der Waals surface area contributed by atoms with E-state index in [0.29, 0.717) is 23.2 Å². The Bertz CT molecular complexity index is 846. The molecule has 2 N–H and O–H groups in total. The summed E-state index contributed by atoms with van der Waals surface area (Å²) in [5.41, 5.74) is 2.29. The molecule has 2 atom stereocenters. The number of hydrogen-bond acceptors (Lipinski definition) is 4. The molecule has 3 aliphatic rings. The molecule has 3 amide bonds. The van der Waals surface area contributed by atoms with Crippen molar-refractivity contribution in [2.75, 3.05) is 25.4 Å². The second-order valence-corrected chi connectivity index (χ2v) is 10.0. The largest absolute Gasteiger partial charge is 0.491 e. The van der Waals surface area contributed by atoms with Gasteiger partial charge in [-0.15, -0.1) is 0 Å². The number of nitrogens with zero attached hydrogens (tertiary/aromatic N) is 1. The molecular formula is C21H28ClN3O4S. The normalized spacial score (nSPS) is 21.6. The van der Waals surface area contributed by atoms with Crippen molar-refractivity contribution in [3.63, 3.8) is 0 Å². The van der Waals surface area contributed by atoms with Gasteiger partial charge in [0.15, 0.2) is 0 Å². The molecule has 0 radical (unpaired) electrons. The van der Waals surface area contributed by atoms with Gasteiger partial charge >= 0.3 is 6.03 Å². The van der Waals surface area contributed by atoms with Crippen LogP contribution in [0.15, 0.2) is 12.1 Å². The second kappa shape index (κ2) is 9.66. The summed E-state index contributed by atoms with van der Waals surface area (Å²) in [6.45, 7) is 1.43. The van der Waals surface area contributed by atoms with E-state index in [4.69, 9.17) is 16.3 Å². The number of fused-ring (bicyclic) bond motifs is 1. The van der Waals surface area contributed by atoms with Gasteiger partial charge in [-0.05, 0) is 56.1 Å². The van der Waals surface area contributed by atoms with Gasteiger partial charge in [-0.3, -0.25) is 10.1 Å². The van der Waals surface area contributed by atoms with Crippen molar-refractivity contribution >= 4 is 34.5 Å². The van der Waals surface area contributed by atoms with Crippen LogP contribution in [0, 0.1) is 5.92 Å². The fourth-order valence-corrected chi connectivity index (χ4v) is 5.38. The number of imide groups is 1. The number of benzene rings is 1. The zero-order valence-corrected chi connectivity index (χ0v) is 18.5. The third-order valence-electron chi connectivity index (χ3n) is 5.87. The summed E-state index contributed by atoms with van der Waals surface area (Å²) in [5.74, 6) is 1.79. The average molecular weight is 454 g/mol. The Kier molecular flexibility index (Phi) is 6.95. The van der Waals surface area contributed by atoms with Gasteiger partial charge in [0.25, 0.3) is 0 Å². The topological polar surface area (TPSA) is 87.7 Å². The Morgan fingerprint density at radius 3 is 2.77 bits per heavy atom. The Morgan fingerprint density at radius 2 is 2.03 bits per heavy atom. The van der Waals surface area contributed by atoms with Gasteiger partial charge in [0.1, 0.15) is 12.3 Å². The number of hydrogen-bond donors (Lipinski definition) is 2. The van der Waals surface area contributed by atoms with Crippen molar-refractivity contribution in [1.82, 2.24) is 14.9 Å². The van der Waals surface area contributed by atoms with E-state index < -0.39 is 11.0 Å². The van der Waals surface area contributed by atoms with Crippen LogP contribution in [0.1, 0.15) is 55.7 Å². The fourth-order valence-electron chi connectivity index (χ4n) is 4.00. The van der Waals surface area contributed by atoms with Crippen LogP contribution in [0.5, 0.6) is 5.75 Å². The van der Waals surface area contributed by atoms with E-state index >= 15 is 0 Å². The molecule has 1 saturated carbocycles. The van der Waals surface area contributed by atoms with E-state index in [0.717, 1.165) is 55.6 Å². The van der Waals surface area contributed by atoms with Crippen LogP contribution in [-0.2, 0) is 22.2 Å². The molecule has 4 rings (SSSR count). The Hall–Kier alpha value is -1.64. The summed E-state index contributed by atoms with van der Waals surface area (Å²) in [7, 11) is -1.12. The molecule has 7 nitrogen and oxygen atoms in total. The first-order chi connectivity index (χ1) is 14.5. The predicted molar refractivity (Wildman–Crippen MR) is 116 cm³/mol. The summed E-state index contributed by atoms with van der Waals surface area (Å²) >= 11 is 6.38. The van der Waals surface area contributed by atoms with Crippen molar-refractivity contribution in [2.45, 2.75) is 51.0 Å². The highest BCUT2D eigenvalue weighted by Gasteiger charge is 2.29. The molecule has 1 aromatic carbocycles. The molecule has 1 aromatic rings. The van der Waals surface area contributed by atoms with E-state index in [9.17, 15) is 13.8 Å². The van der Waals surface area contributed by atoms with Gasteiger partial charge in [0.05, 0.1) is 22.6 Å². The lowest BCUT2D eigenvalue weighted by molar-refractivity contribution is -0.118. The molecule has 0 spiro atoms. The number of halogens is 1. The number of rotatable bonds is 11. The van der Waals surface area contributed by atoms with Gasteiger partial charge in [-0.25, -0.2) is 13.7 Å².